The van der Waals surface area contributed by atoms with Crippen molar-refractivity contribution in [1.82, 2.24) is 20.1 Å². The van der Waals surface area contributed by atoms with E-state index in [9.17, 15) is 9.90 Å². The molecule has 8 nitrogen and oxygen atoms in total. The SMILES string of the molecule is Cn1cc(-c2cnc(N)c(C(=O)N[C@H]3COCC3O)c2)cn1. The average Bonchev–Trinajstić information content (AvgIpc) is 3.09. The first kappa shape index (κ1) is 14.5. The lowest BCUT2D eigenvalue weighted by Crippen LogP contribution is -2.42. The van der Waals surface area contributed by atoms with E-state index in [1.54, 1.807) is 23.1 Å². The number of amides is 1. The van der Waals surface area contributed by atoms with Crippen molar-refractivity contribution in [1.29, 1.82) is 0 Å². The van der Waals surface area contributed by atoms with Crippen LogP contribution in [-0.4, -0.2) is 51.1 Å². The summed E-state index contributed by atoms with van der Waals surface area (Å²) in [7, 11) is 1.81. The fourth-order valence-corrected chi connectivity index (χ4v) is 2.31. The Morgan fingerprint density at radius 3 is 2.91 bits per heavy atom. The predicted octanol–water partition coefficient (Wildman–Crippen LogP) is -0.446. The number of carbonyl (C=O) groups excluding carboxylic acids is 1. The number of hydrogen-bond donors (Lipinski definition) is 3. The first-order valence-electron chi connectivity index (χ1n) is 6.86. The highest BCUT2D eigenvalue weighted by Gasteiger charge is 2.28. The molecule has 2 aromatic heterocycles. The number of nitrogens with one attached hydrogen (secondary N) is 1. The molecule has 116 valence electrons. The Morgan fingerprint density at radius 2 is 2.27 bits per heavy atom. The lowest BCUT2D eigenvalue weighted by molar-refractivity contribution is 0.0887. The average molecular weight is 303 g/mol. The molecule has 2 aromatic rings. The van der Waals surface area contributed by atoms with Crippen LogP contribution in [-0.2, 0) is 11.8 Å². The number of pyridine rings is 1. The van der Waals surface area contributed by atoms with Crippen molar-refractivity contribution in [2.24, 2.45) is 7.05 Å². The number of aliphatic hydroxyl groups is 1. The Morgan fingerprint density at radius 1 is 1.45 bits per heavy atom. The summed E-state index contributed by atoms with van der Waals surface area (Å²) in [6, 6.07) is 1.23. The van der Waals surface area contributed by atoms with E-state index >= 15 is 0 Å². The van der Waals surface area contributed by atoms with Gasteiger partial charge in [0, 0.05) is 30.6 Å². The lowest BCUT2D eigenvalue weighted by atomic mass is 10.1. The standard InChI is InChI=1S/C14H17N5O3/c1-19-5-9(4-17-19)8-2-10(13(15)16-3-8)14(21)18-11-6-22-7-12(11)20/h2-5,11-12,20H,6-7H2,1H3,(H2,15,16)(H,18,21)/t11-,12?/m0/s1. The van der Waals surface area contributed by atoms with Crippen LogP contribution < -0.4 is 11.1 Å². The van der Waals surface area contributed by atoms with Gasteiger partial charge in [0.25, 0.3) is 5.91 Å². The minimum Gasteiger partial charge on any atom is -0.388 e. The van der Waals surface area contributed by atoms with Crippen molar-refractivity contribution in [3.8, 4) is 11.1 Å². The Kier molecular flexibility index (Phi) is 3.78. The second-order valence-electron chi connectivity index (χ2n) is 5.24. The maximum Gasteiger partial charge on any atom is 0.255 e. The molecule has 0 aromatic carbocycles. The molecular weight excluding hydrogens is 286 g/mol. The van der Waals surface area contributed by atoms with Crippen molar-refractivity contribution in [2.75, 3.05) is 18.9 Å². The number of anilines is 1. The summed E-state index contributed by atoms with van der Waals surface area (Å²) >= 11 is 0. The number of aliphatic hydroxyl groups excluding tert-OH is 1. The molecule has 3 heterocycles. The van der Waals surface area contributed by atoms with E-state index in [1.807, 2.05) is 13.2 Å². The van der Waals surface area contributed by atoms with Gasteiger partial charge in [0.1, 0.15) is 5.82 Å². The van der Waals surface area contributed by atoms with E-state index in [2.05, 4.69) is 15.4 Å². The number of rotatable bonds is 3. The number of carbonyl (C=O) groups is 1. The Labute approximate surface area is 126 Å². The highest BCUT2D eigenvalue weighted by atomic mass is 16.5. The molecule has 0 radical (unpaired) electrons. The minimum atomic E-state index is -0.709. The van der Waals surface area contributed by atoms with Crippen molar-refractivity contribution in [3.05, 3.63) is 30.2 Å². The molecule has 1 saturated heterocycles. The van der Waals surface area contributed by atoms with Gasteiger partial charge >= 0.3 is 0 Å². The number of nitrogens with zero attached hydrogens (tertiary/aromatic N) is 3. The second kappa shape index (κ2) is 5.74. The van der Waals surface area contributed by atoms with Gasteiger partial charge in [0.15, 0.2) is 0 Å². The summed E-state index contributed by atoms with van der Waals surface area (Å²) in [6.45, 7) is 0.497. The minimum absolute atomic E-state index is 0.138. The van der Waals surface area contributed by atoms with E-state index in [-0.39, 0.29) is 30.5 Å². The number of aryl methyl sites for hydroxylation is 1. The molecule has 8 heteroatoms. The third kappa shape index (κ3) is 2.78. The molecule has 4 N–H and O–H groups in total. The van der Waals surface area contributed by atoms with Gasteiger partial charge in [0.05, 0.1) is 37.1 Å². The molecule has 1 unspecified atom stereocenters. The molecular formula is C14H17N5O3. The van der Waals surface area contributed by atoms with Crippen molar-refractivity contribution in [3.63, 3.8) is 0 Å². The normalized spacial score (nSPS) is 21.0. The number of nitrogens with two attached hydrogens (primary N) is 1. The summed E-state index contributed by atoms with van der Waals surface area (Å²) in [5.74, 6) is -0.246. The molecule has 22 heavy (non-hydrogen) atoms. The van der Waals surface area contributed by atoms with Crippen molar-refractivity contribution < 1.29 is 14.6 Å². The first-order valence-corrected chi connectivity index (χ1v) is 6.86. The third-order valence-electron chi connectivity index (χ3n) is 3.57. The molecule has 0 aliphatic carbocycles. The topological polar surface area (TPSA) is 115 Å². The molecule has 0 spiro atoms. The van der Waals surface area contributed by atoms with Crippen LogP contribution in [0.3, 0.4) is 0 Å². The van der Waals surface area contributed by atoms with Crippen LogP contribution >= 0.6 is 0 Å². The van der Waals surface area contributed by atoms with Crippen LogP contribution in [0.5, 0.6) is 0 Å². The van der Waals surface area contributed by atoms with E-state index in [0.29, 0.717) is 0 Å². The van der Waals surface area contributed by atoms with Gasteiger partial charge in [-0.25, -0.2) is 4.98 Å². The lowest BCUT2D eigenvalue weighted by Gasteiger charge is -2.15. The van der Waals surface area contributed by atoms with Crippen LogP contribution in [0.2, 0.25) is 0 Å². The maximum absolute atomic E-state index is 12.3. The maximum atomic E-state index is 12.3. The summed E-state index contributed by atoms with van der Waals surface area (Å²) in [5.41, 5.74) is 7.65. The first-order chi connectivity index (χ1) is 10.5. The molecule has 0 bridgehead atoms. The van der Waals surface area contributed by atoms with Gasteiger partial charge in [0.2, 0.25) is 0 Å². The third-order valence-corrected chi connectivity index (χ3v) is 3.57. The van der Waals surface area contributed by atoms with Gasteiger partial charge in [-0.05, 0) is 6.07 Å². The zero-order valence-corrected chi connectivity index (χ0v) is 12.1. The van der Waals surface area contributed by atoms with Crippen molar-refractivity contribution in [2.45, 2.75) is 12.1 Å². The second-order valence-corrected chi connectivity index (χ2v) is 5.24. The van der Waals surface area contributed by atoms with Gasteiger partial charge in [-0.3, -0.25) is 9.48 Å². The number of aromatic nitrogens is 3. The zero-order valence-electron chi connectivity index (χ0n) is 12.1. The molecule has 1 aliphatic rings. The predicted molar refractivity (Wildman–Crippen MR) is 78.9 cm³/mol. The number of nitrogen functional groups attached to an aromatic ring is 1. The molecule has 1 amide bonds. The monoisotopic (exact) mass is 303 g/mol. The van der Waals surface area contributed by atoms with Crippen LogP contribution in [0.15, 0.2) is 24.7 Å². The van der Waals surface area contributed by atoms with Gasteiger partial charge in [-0.1, -0.05) is 0 Å². The molecule has 1 fully saturated rings. The molecule has 1 aliphatic heterocycles. The highest BCUT2D eigenvalue weighted by Crippen LogP contribution is 2.21. The van der Waals surface area contributed by atoms with Gasteiger partial charge in [-0.15, -0.1) is 0 Å². The van der Waals surface area contributed by atoms with Gasteiger partial charge in [-0.2, -0.15) is 5.10 Å². The number of ether oxygens (including phenoxy) is 1. The summed E-state index contributed by atoms with van der Waals surface area (Å²) in [5, 5.41) is 16.5. The van der Waals surface area contributed by atoms with E-state index < -0.39 is 12.1 Å². The quantitative estimate of drug-likeness (QED) is 0.707. The highest BCUT2D eigenvalue weighted by molar-refractivity contribution is 5.99. The number of hydrogen-bond acceptors (Lipinski definition) is 6. The Hall–Kier alpha value is -2.45. The van der Waals surface area contributed by atoms with Crippen LogP contribution in [0.1, 0.15) is 10.4 Å². The molecule has 0 saturated carbocycles. The van der Waals surface area contributed by atoms with Gasteiger partial charge < -0.3 is 20.9 Å². The molecule has 3 rings (SSSR count). The van der Waals surface area contributed by atoms with Crippen LogP contribution in [0.4, 0.5) is 5.82 Å². The van der Waals surface area contributed by atoms with E-state index in [4.69, 9.17) is 10.5 Å². The summed E-state index contributed by atoms with van der Waals surface area (Å²) in [6.07, 6.45) is 4.39. The smallest absolute Gasteiger partial charge is 0.255 e. The van der Waals surface area contributed by atoms with E-state index in [0.717, 1.165) is 11.1 Å². The van der Waals surface area contributed by atoms with Crippen molar-refractivity contribution >= 4 is 11.7 Å². The zero-order chi connectivity index (χ0) is 15.7. The van der Waals surface area contributed by atoms with Crippen LogP contribution in [0, 0.1) is 0 Å². The molecule has 2 atom stereocenters. The largest absolute Gasteiger partial charge is 0.388 e. The van der Waals surface area contributed by atoms with Crippen LogP contribution in [0.25, 0.3) is 11.1 Å². The Bertz CT molecular complexity index is 700. The summed E-state index contributed by atoms with van der Waals surface area (Å²) < 4.78 is 6.77. The summed E-state index contributed by atoms with van der Waals surface area (Å²) in [4.78, 5) is 16.4. The fourth-order valence-electron chi connectivity index (χ4n) is 2.31. The fraction of sp³-hybridized carbons (Fsp3) is 0.357. The van der Waals surface area contributed by atoms with E-state index in [1.165, 1.54) is 0 Å². The Balaban J connectivity index is 1.84.